The van der Waals surface area contributed by atoms with E-state index >= 15 is 0 Å². The molecule has 0 aromatic heterocycles. The molecule has 3 rings (SSSR count). The Balaban J connectivity index is 1.64. The van der Waals surface area contributed by atoms with Gasteiger partial charge in [-0.15, -0.1) is 0 Å². The number of urea groups is 1. The van der Waals surface area contributed by atoms with E-state index in [0.717, 1.165) is 5.69 Å². The zero-order valence-corrected chi connectivity index (χ0v) is 14.0. The molecule has 24 heavy (non-hydrogen) atoms. The second-order valence-corrected chi connectivity index (χ2v) is 6.22. The van der Waals surface area contributed by atoms with E-state index in [1.165, 1.54) is 0 Å². The molecular formula is C18H18ClN3O2. The predicted molar refractivity (Wildman–Crippen MR) is 95.4 cm³/mol. The minimum Gasteiger partial charge on any atom is -0.333 e. The van der Waals surface area contributed by atoms with E-state index in [-0.39, 0.29) is 23.9 Å². The Kier molecular flexibility index (Phi) is 4.71. The molecule has 3 amide bonds. The molecule has 2 unspecified atom stereocenters. The normalized spacial score (nSPS) is 20.1. The highest BCUT2D eigenvalue weighted by atomic mass is 35.5. The summed E-state index contributed by atoms with van der Waals surface area (Å²) in [5.41, 5.74) is 1.49. The molecule has 2 atom stereocenters. The van der Waals surface area contributed by atoms with Crippen molar-refractivity contribution >= 4 is 34.9 Å². The maximum absolute atomic E-state index is 12.4. The first-order valence-electron chi connectivity index (χ1n) is 7.74. The monoisotopic (exact) mass is 343 g/mol. The average molecular weight is 344 g/mol. The van der Waals surface area contributed by atoms with E-state index in [4.69, 9.17) is 11.6 Å². The van der Waals surface area contributed by atoms with Gasteiger partial charge >= 0.3 is 6.03 Å². The lowest BCUT2D eigenvalue weighted by Gasteiger charge is -2.17. The molecule has 2 aromatic carbocycles. The Morgan fingerprint density at radius 3 is 2.46 bits per heavy atom. The van der Waals surface area contributed by atoms with E-state index < -0.39 is 0 Å². The fourth-order valence-corrected chi connectivity index (χ4v) is 2.87. The van der Waals surface area contributed by atoms with Gasteiger partial charge in [0.25, 0.3) is 0 Å². The van der Waals surface area contributed by atoms with Crippen LogP contribution in [0.3, 0.4) is 0 Å². The summed E-state index contributed by atoms with van der Waals surface area (Å²) in [5, 5.41) is 6.23. The number of rotatable bonds is 3. The number of carbonyl (C=O) groups is 2. The third-order valence-corrected chi connectivity index (χ3v) is 4.38. The highest BCUT2D eigenvalue weighted by molar-refractivity contribution is 6.30. The van der Waals surface area contributed by atoms with Crippen molar-refractivity contribution in [3.8, 4) is 0 Å². The lowest BCUT2D eigenvalue weighted by Crippen LogP contribution is -2.42. The van der Waals surface area contributed by atoms with Crippen LogP contribution in [0.4, 0.5) is 16.2 Å². The molecule has 0 radical (unpaired) electrons. The molecule has 6 heteroatoms. The maximum atomic E-state index is 12.4. The van der Waals surface area contributed by atoms with Crippen LogP contribution >= 0.6 is 11.6 Å². The number of carbonyl (C=O) groups excluding carboxylic acids is 2. The number of halogens is 1. The van der Waals surface area contributed by atoms with Crippen LogP contribution in [0.5, 0.6) is 0 Å². The first-order valence-corrected chi connectivity index (χ1v) is 8.12. The number of benzene rings is 2. The molecule has 124 valence electrons. The number of anilines is 2. The SMILES string of the molecule is CC1C(=O)N(c2ccccc2)CC1NC(=O)Nc1ccc(Cl)cc1. The van der Waals surface area contributed by atoms with Crippen LogP contribution in [-0.2, 0) is 4.79 Å². The molecule has 1 saturated heterocycles. The van der Waals surface area contributed by atoms with E-state index in [2.05, 4.69) is 10.6 Å². The fourth-order valence-electron chi connectivity index (χ4n) is 2.74. The molecular weight excluding hydrogens is 326 g/mol. The predicted octanol–water partition coefficient (Wildman–Crippen LogP) is 3.51. The molecule has 0 aliphatic carbocycles. The summed E-state index contributed by atoms with van der Waals surface area (Å²) in [5.74, 6) is -0.265. The molecule has 1 aliphatic heterocycles. The first kappa shape index (κ1) is 16.3. The lowest BCUT2D eigenvalue weighted by molar-refractivity contribution is -0.120. The van der Waals surface area contributed by atoms with E-state index in [9.17, 15) is 9.59 Å². The minimum absolute atomic E-state index is 0.0120. The Hall–Kier alpha value is -2.53. The fraction of sp³-hybridized carbons (Fsp3) is 0.222. The van der Waals surface area contributed by atoms with Gasteiger partial charge in [-0.3, -0.25) is 4.79 Å². The number of hydrogen-bond acceptors (Lipinski definition) is 2. The molecule has 0 bridgehead atoms. The highest BCUT2D eigenvalue weighted by Crippen LogP contribution is 2.25. The summed E-state index contributed by atoms with van der Waals surface area (Å²) in [7, 11) is 0. The van der Waals surface area contributed by atoms with Crippen molar-refractivity contribution in [1.29, 1.82) is 0 Å². The van der Waals surface area contributed by atoms with Crippen LogP contribution in [0.1, 0.15) is 6.92 Å². The maximum Gasteiger partial charge on any atom is 0.319 e. The Morgan fingerprint density at radius 1 is 1.12 bits per heavy atom. The van der Waals surface area contributed by atoms with Crippen molar-refractivity contribution in [2.24, 2.45) is 5.92 Å². The van der Waals surface area contributed by atoms with Gasteiger partial charge in [0.15, 0.2) is 0 Å². The van der Waals surface area contributed by atoms with E-state index in [1.807, 2.05) is 37.3 Å². The van der Waals surface area contributed by atoms with E-state index in [1.54, 1.807) is 29.2 Å². The molecule has 2 aromatic rings. The highest BCUT2D eigenvalue weighted by Gasteiger charge is 2.38. The van der Waals surface area contributed by atoms with Crippen LogP contribution in [0.25, 0.3) is 0 Å². The summed E-state index contributed by atoms with van der Waals surface area (Å²) in [6.07, 6.45) is 0. The molecule has 5 nitrogen and oxygen atoms in total. The minimum atomic E-state index is -0.336. The third-order valence-electron chi connectivity index (χ3n) is 4.12. The number of hydrogen-bond donors (Lipinski definition) is 2. The molecule has 1 fully saturated rings. The standard InChI is InChI=1S/C18H18ClN3O2/c1-12-16(11-22(17(12)23)15-5-3-2-4-6-15)21-18(24)20-14-9-7-13(19)8-10-14/h2-10,12,16H,11H2,1H3,(H2,20,21,24). The Morgan fingerprint density at radius 2 is 1.79 bits per heavy atom. The van der Waals surface area contributed by atoms with E-state index in [0.29, 0.717) is 17.3 Å². The van der Waals surface area contributed by atoms with Gasteiger partial charge in [0.1, 0.15) is 0 Å². The van der Waals surface area contributed by atoms with Crippen LogP contribution in [0.2, 0.25) is 5.02 Å². The summed E-state index contributed by atoms with van der Waals surface area (Å²) in [4.78, 5) is 26.3. The van der Waals surface area contributed by atoms with Gasteiger partial charge in [-0.25, -0.2) is 4.79 Å². The summed E-state index contributed by atoms with van der Waals surface area (Å²) in [6.45, 7) is 2.29. The van der Waals surface area contributed by atoms with Crippen molar-refractivity contribution in [2.45, 2.75) is 13.0 Å². The van der Waals surface area contributed by atoms with Crippen LogP contribution < -0.4 is 15.5 Å². The second-order valence-electron chi connectivity index (χ2n) is 5.78. The molecule has 0 spiro atoms. The number of nitrogens with zero attached hydrogens (tertiary/aromatic N) is 1. The average Bonchev–Trinajstić information content (AvgIpc) is 2.86. The van der Waals surface area contributed by atoms with Gasteiger partial charge in [0.2, 0.25) is 5.91 Å². The van der Waals surface area contributed by atoms with Gasteiger partial charge < -0.3 is 15.5 Å². The smallest absolute Gasteiger partial charge is 0.319 e. The largest absolute Gasteiger partial charge is 0.333 e. The first-order chi connectivity index (χ1) is 11.5. The number of amides is 3. The number of para-hydroxylation sites is 1. The Labute approximate surface area is 145 Å². The van der Waals surface area contributed by atoms with Crippen LogP contribution in [0.15, 0.2) is 54.6 Å². The zero-order chi connectivity index (χ0) is 17.1. The Bertz CT molecular complexity index is 734. The summed E-state index contributed by atoms with van der Waals surface area (Å²) in [6, 6.07) is 15.7. The molecule has 2 N–H and O–H groups in total. The van der Waals surface area contributed by atoms with Gasteiger partial charge in [-0.05, 0) is 36.4 Å². The second kappa shape index (κ2) is 6.93. The lowest BCUT2D eigenvalue weighted by atomic mass is 10.1. The quantitative estimate of drug-likeness (QED) is 0.895. The summed E-state index contributed by atoms with van der Waals surface area (Å²) < 4.78 is 0. The molecule has 1 aliphatic rings. The zero-order valence-electron chi connectivity index (χ0n) is 13.2. The van der Waals surface area contributed by atoms with Gasteiger partial charge in [-0.2, -0.15) is 0 Å². The molecule has 0 saturated carbocycles. The van der Waals surface area contributed by atoms with Crippen molar-refractivity contribution in [2.75, 3.05) is 16.8 Å². The van der Waals surface area contributed by atoms with Crippen molar-refractivity contribution in [1.82, 2.24) is 5.32 Å². The van der Waals surface area contributed by atoms with Gasteiger partial charge in [-0.1, -0.05) is 36.7 Å². The van der Waals surface area contributed by atoms with Crippen molar-refractivity contribution < 1.29 is 9.59 Å². The van der Waals surface area contributed by atoms with Crippen molar-refractivity contribution in [3.05, 3.63) is 59.6 Å². The van der Waals surface area contributed by atoms with Crippen molar-refractivity contribution in [3.63, 3.8) is 0 Å². The third kappa shape index (κ3) is 3.51. The molecule has 1 heterocycles. The number of nitrogens with one attached hydrogen (secondary N) is 2. The van der Waals surface area contributed by atoms with Gasteiger partial charge in [0.05, 0.1) is 12.0 Å². The van der Waals surface area contributed by atoms with Gasteiger partial charge in [0, 0.05) is 22.9 Å². The summed E-state index contributed by atoms with van der Waals surface area (Å²) >= 11 is 5.82. The topological polar surface area (TPSA) is 61.4 Å². The van der Waals surface area contributed by atoms with Crippen LogP contribution in [0, 0.1) is 5.92 Å². The van der Waals surface area contributed by atoms with Crippen LogP contribution in [-0.4, -0.2) is 24.5 Å².